The van der Waals surface area contributed by atoms with Crippen molar-refractivity contribution in [2.24, 2.45) is 5.92 Å². The van der Waals surface area contributed by atoms with Crippen LogP contribution in [0, 0.1) is 5.92 Å². The zero-order valence-electron chi connectivity index (χ0n) is 17.3. The van der Waals surface area contributed by atoms with E-state index in [2.05, 4.69) is 26.1 Å². The number of anilines is 1. The summed E-state index contributed by atoms with van der Waals surface area (Å²) in [5.74, 6) is 3.37. The van der Waals surface area contributed by atoms with E-state index in [0.29, 0.717) is 24.2 Å². The van der Waals surface area contributed by atoms with Crippen LogP contribution in [-0.4, -0.2) is 81.8 Å². The fraction of sp³-hybridized carbons (Fsp3) is 0.714. The Bertz CT molecular complexity index is 867. The molecule has 0 N–H and O–H groups in total. The molecule has 5 heterocycles. The average Bonchev–Trinajstić information content (AvgIpc) is 3.41. The summed E-state index contributed by atoms with van der Waals surface area (Å²) in [6, 6.07) is 4.13. The van der Waals surface area contributed by atoms with E-state index in [0.717, 1.165) is 75.8 Å². The van der Waals surface area contributed by atoms with Crippen molar-refractivity contribution in [2.45, 2.75) is 44.4 Å². The van der Waals surface area contributed by atoms with Crippen molar-refractivity contribution in [3.8, 4) is 0 Å². The van der Waals surface area contributed by atoms with Gasteiger partial charge >= 0.3 is 0 Å². The minimum atomic E-state index is 0.291. The molecule has 1 atom stereocenters. The molecule has 3 aliphatic heterocycles. The molecular formula is C21H31N7O. The maximum atomic E-state index is 11.7. The SMILES string of the molecule is CN1CC(CN2CCC(c3nnc4ccc(N5CCCC5)nn34)CC2)CCC1=O. The van der Waals surface area contributed by atoms with E-state index < -0.39 is 0 Å². The first kappa shape index (κ1) is 18.8. The third-order valence-corrected chi connectivity index (χ3v) is 6.90. The fourth-order valence-electron chi connectivity index (χ4n) is 5.15. The number of carbonyl (C=O) groups is 1. The summed E-state index contributed by atoms with van der Waals surface area (Å²) in [5.41, 5.74) is 0.847. The van der Waals surface area contributed by atoms with Crippen molar-refractivity contribution in [3.63, 3.8) is 0 Å². The third-order valence-electron chi connectivity index (χ3n) is 6.90. The molecule has 8 nitrogen and oxygen atoms in total. The van der Waals surface area contributed by atoms with Crippen molar-refractivity contribution in [3.05, 3.63) is 18.0 Å². The highest BCUT2D eigenvalue weighted by Crippen LogP contribution is 2.29. The van der Waals surface area contributed by atoms with E-state index in [1.807, 2.05) is 22.5 Å². The van der Waals surface area contributed by atoms with Crippen LogP contribution in [0.3, 0.4) is 0 Å². The summed E-state index contributed by atoms with van der Waals surface area (Å²) in [5, 5.41) is 13.8. The van der Waals surface area contributed by atoms with Crippen LogP contribution in [0.25, 0.3) is 5.65 Å². The molecule has 3 aliphatic rings. The van der Waals surface area contributed by atoms with E-state index in [4.69, 9.17) is 5.10 Å². The molecule has 5 rings (SSSR count). The van der Waals surface area contributed by atoms with Crippen molar-refractivity contribution in [1.82, 2.24) is 29.6 Å². The standard InChI is InChI=1S/C21H31N7O/c1-25-14-16(4-7-20(25)29)15-26-12-8-17(9-13-26)21-23-22-18-5-6-19(24-28(18)21)27-10-2-3-11-27/h5-6,16-17H,2-4,7-15H2,1H3. The van der Waals surface area contributed by atoms with Gasteiger partial charge in [-0.05, 0) is 63.2 Å². The van der Waals surface area contributed by atoms with Crippen LogP contribution in [0.5, 0.6) is 0 Å². The van der Waals surface area contributed by atoms with Crippen molar-refractivity contribution < 1.29 is 4.79 Å². The van der Waals surface area contributed by atoms with Crippen molar-refractivity contribution >= 4 is 17.4 Å². The van der Waals surface area contributed by atoms with E-state index in [1.165, 1.54) is 12.8 Å². The van der Waals surface area contributed by atoms with E-state index in [9.17, 15) is 4.79 Å². The molecule has 0 aromatic carbocycles. The number of hydrogen-bond donors (Lipinski definition) is 0. The van der Waals surface area contributed by atoms with Gasteiger partial charge in [-0.15, -0.1) is 15.3 Å². The minimum Gasteiger partial charge on any atom is -0.355 e. The Morgan fingerprint density at radius 2 is 1.83 bits per heavy atom. The van der Waals surface area contributed by atoms with Gasteiger partial charge in [0.25, 0.3) is 0 Å². The first-order valence-corrected chi connectivity index (χ1v) is 11.1. The predicted molar refractivity (Wildman–Crippen MR) is 111 cm³/mol. The van der Waals surface area contributed by atoms with Gasteiger partial charge in [0.05, 0.1) is 0 Å². The summed E-state index contributed by atoms with van der Waals surface area (Å²) in [6.45, 7) is 6.35. The second-order valence-electron chi connectivity index (χ2n) is 8.97. The molecule has 156 valence electrons. The van der Waals surface area contributed by atoms with Crippen LogP contribution in [0.2, 0.25) is 0 Å². The molecule has 3 saturated heterocycles. The van der Waals surface area contributed by atoms with Gasteiger partial charge in [0, 0.05) is 45.6 Å². The summed E-state index contributed by atoms with van der Waals surface area (Å²) in [6.07, 6.45) is 6.42. The van der Waals surface area contributed by atoms with Gasteiger partial charge in [0.1, 0.15) is 5.82 Å². The van der Waals surface area contributed by atoms with Gasteiger partial charge < -0.3 is 14.7 Å². The maximum absolute atomic E-state index is 11.7. The number of aromatic nitrogens is 4. The molecule has 0 spiro atoms. The van der Waals surface area contributed by atoms with Crippen molar-refractivity contribution in [2.75, 3.05) is 51.2 Å². The number of hydrogen-bond acceptors (Lipinski definition) is 6. The van der Waals surface area contributed by atoms with Gasteiger partial charge in [-0.1, -0.05) is 0 Å². The van der Waals surface area contributed by atoms with E-state index >= 15 is 0 Å². The lowest BCUT2D eigenvalue weighted by molar-refractivity contribution is -0.133. The number of fused-ring (bicyclic) bond motifs is 1. The Hall–Kier alpha value is -2.22. The second kappa shape index (κ2) is 7.89. The Morgan fingerprint density at radius 3 is 2.59 bits per heavy atom. The normalized spacial score (nSPS) is 24.7. The van der Waals surface area contributed by atoms with E-state index in [1.54, 1.807) is 0 Å². The zero-order valence-corrected chi connectivity index (χ0v) is 17.3. The van der Waals surface area contributed by atoms with Crippen LogP contribution < -0.4 is 4.90 Å². The predicted octanol–water partition coefficient (Wildman–Crippen LogP) is 1.77. The Morgan fingerprint density at radius 1 is 1.03 bits per heavy atom. The molecule has 0 saturated carbocycles. The Kier molecular flexibility index (Phi) is 5.11. The Labute approximate surface area is 171 Å². The van der Waals surface area contributed by atoms with Crippen LogP contribution in [0.1, 0.15) is 50.3 Å². The molecule has 1 amide bonds. The summed E-state index contributed by atoms with van der Waals surface area (Å²) in [4.78, 5) is 18.5. The molecule has 0 bridgehead atoms. The van der Waals surface area contributed by atoms with Gasteiger partial charge in [-0.25, -0.2) is 0 Å². The number of carbonyl (C=O) groups excluding carboxylic acids is 1. The van der Waals surface area contributed by atoms with Crippen LogP contribution >= 0.6 is 0 Å². The quantitative estimate of drug-likeness (QED) is 0.783. The maximum Gasteiger partial charge on any atom is 0.222 e. The number of amides is 1. The molecule has 0 aliphatic carbocycles. The number of nitrogens with zero attached hydrogens (tertiary/aromatic N) is 7. The molecular weight excluding hydrogens is 366 g/mol. The third kappa shape index (κ3) is 3.82. The first-order chi connectivity index (χ1) is 14.2. The lowest BCUT2D eigenvalue weighted by Crippen LogP contribution is -2.44. The summed E-state index contributed by atoms with van der Waals surface area (Å²) in [7, 11) is 1.93. The van der Waals surface area contributed by atoms with Crippen LogP contribution in [0.15, 0.2) is 12.1 Å². The molecule has 1 unspecified atom stereocenters. The second-order valence-corrected chi connectivity index (χ2v) is 8.97. The number of piperidine rings is 2. The highest BCUT2D eigenvalue weighted by molar-refractivity contribution is 5.76. The molecule has 29 heavy (non-hydrogen) atoms. The van der Waals surface area contributed by atoms with Gasteiger partial charge in [0.15, 0.2) is 11.5 Å². The van der Waals surface area contributed by atoms with Crippen LogP contribution in [-0.2, 0) is 4.79 Å². The summed E-state index contributed by atoms with van der Waals surface area (Å²) >= 11 is 0. The van der Waals surface area contributed by atoms with Crippen molar-refractivity contribution in [1.29, 1.82) is 0 Å². The molecule has 8 heteroatoms. The topological polar surface area (TPSA) is 69.9 Å². The minimum absolute atomic E-state index is 0.291. The fourth-order valence-corrected chi connectivity index (χ4v) is 5.15. The van der Waals surface area contributed by atoms with Gasteiger partial charge in [0.2, 0.25) is 5.91 Å². The lowest BCUT2D eigenvalue weighted by Gasteiger charge is -2.36. The molecule has 2 aromatic heterocycles. The largest absolute Gasteiger partial charge is 0.355 e. The van der Waals surface area contributed by atoms with Gasteiger partial charge in [-0.3, -0.25) is 4.79 Å². The smallest absolute Gasteiger partial charge is 0.222 e. The average molecular weight is 398 g/mol. The van der Waals surface area contributed by atoms with E-state index in [-0.39, 0.29) is 0 Å². The van der Waals surface area contributed by atoms with Gasteiger partial charge in [-0.2, -0.15) is 4.52 Å². The highest BCUT2D eigenvalue weighted by Gasteiger charge is 2.29. The summed E-state index contributed by atoms with van der Waals surface area (Å²) < 4.78 is 1.98. The Balaban J connectivity index is 1.23. The molecule has 0 radical (unpaired) electrons. The lowest BCUT2D eigenvalue weighted by atomic mass is 9.93. The molecule has 2 aromatic rings. The monoisotopic (exact) mass is 397 g/mol. The highest BCUT2D eigenvalue weighted by atomic mass is 16.2. The number of likely N-dealkylation sites (tertiary alicyclic amines) is 2. The van der Waals surface area contributed by atoms with Crippen LogP contribution in [0.4, 0.5) is 5.82 Å². The molecule has 3 fully saturated rings. The first-order valence-electron chi connectivity index (χ1n) is 11.1. The number of rotatable bonds is 4. The zero-order chi connectivity index (χ0) is 19.8.